The molecule has 0 aliphatic carbocycles. The van der Waals surface area contributed by atoms with Gasteiger partial charge >= 0.3 is 0 Å². The van der Waals surface area contributed by atoms with Gasteiger partial charge in [0.25, 0.3) is 0 Å². The van der Waals surface area contributed by atoms with Crippen LogP contribution in [0, 0.1) is 17.2 Å². The van der Waals surface area contributed by atoms with E-state index in [2.05, 4.69) is 48.9 Å². The second-order valence-corrected chi connectivity index (χ2v) is 6.75. The number of hydrogen-bond donors (Lipinski definition) is 1. The zero-order valence-corrected chi connectivity index (χ0v) is 14.0. The first-order valence-corrected chi connectivity index (χ1v) is 7.83. The first kappa shape index (κ1) is 16.6. The van der Waals surface area contributed by atoms with Crippen molar-refractivity contribution in [3.05, 3.63) is 34.1 Å². The van der Waals surface area contributed by atoms with Crippen molar-refractivity contribution in [3.63, 3.8) is 0 Å². The summed E-state index contributed by atoms with van der Waals surface area (Å²) in [5.41, 5.74) is 1.18. The van der Waals surface area contributed by atoms with Gasteiger partial charge in [-0.2, -0.15) is 0 Å². The Kier molecular flexibility index (Phi) is 6.48. The second kappa shape index (κ2) is 7.39. The van der Waals surface area contributed by atoms with Gasteiger partial charge in [-0.25, -0.2) is 4.39 Å². The Hall–Kier alpha value is -0.410. The Bertz CT molecular complexity index is 406. The summed E-state index contributed by atoms with van der Waals surface area (Å²) in [6.45, 7) is 10.9. The van der Waals surface area contributed by atoms with Crippen LogP contribution in [0.1, 0.15) is 39.7 Å². The van der Waals surface area contributed by atoms with Crippen molar-refractivity contribution in [1.82, 2.24) is 5.32 Å². The van der Waals surface area contributed by atoms with Crippen LogP contribution in [0.2, 0.25) is 0 Å². The van der Waals surface area contributed by atoms with Crippen LogP contribution >= 0.6 is 15.9 Å². The third-order valence-electron chi connectivity index (χ3n) is 3.95. The Balaban J connectivity index is 2.85. The summed E-state index contributed by atoms with van der Waals surface area (Å²) < 4.78 is 14.4. The molecule has 0 heterocycles. The fraction of sp³-hybridized carbons (Fsp3) is 0.625. The smallest absolute Gasteiger partial charge is 0.123 e. The highest BCUT2D eigenvalue weighted by atomic mass is 79.9. The summed E-state index contributed by atoms with van der Waals surface area (Å²) >= 11 is 3.53. The lowest BCUT2D eigenvalue weighted by Gasteiger charge is -2.35. The summed E-state index contributed by atoms with van der Waals surface area (Å²) in [6.07, 6.45) is 2.01. The van der Waals surface area contributed by atoms with Crippen molar-refractivity contribution in [1.29, 1.82) is 0 Å². The summed E-state index contributed by atoms with van der Waals surface area (Å²) in [5, 5.41) is 3.50. The first-order chi connectivity index (χ1) is 8.89. The molecular formula is C16H25BrFN. The standard InChI is InChI=1S/C16H25BrFN/c1-5-8-19-11-16(4,12(2)3)10-13-9-14(18)6-7-15(13)17/h6-7,9,12,19H,5,8,10-11H2,1-4H3. The van der Waals surface area contributed by atoms with Crippen molar-refractivity contribution < 1.29 is 4.39 Å². The van der Waals surface area contributed by atoms with E-state index in [-0.39, 0.29) is 11.2 Å². The van der Waals surface area contributed by atoms with E-state index >= 15 is 0 Å². The van der Waals surface area contributed by atoms with Gasteiger partial charge in [-0.05, 0) is 54.5 Å². The van der Waals surface area contributed by atoms with Crippen molar-refractivity contribution in [3.8, 4) is 0 Å². The second-order valence-electron chi connectivity index (χ2n) is 5.90. The van der Waals surface area contributed by atoms with E-state index in [9.17, 15) is 4.39 Å². The molecule has 0 fully saturated rings. The van der Waals surface area contributed by atoms with Gasteiger partial charge in [-0.1, -0.05) is 43.6 Å². The molecule has 0 saturated heterocycles. The molecule has 0 spiro atoms. The zero-order chi connectivity index (χ0) is 14.5. The minimum absolute atomic E-state index is 0.130. The Morgan fingerprint density at radius 3 is 2.63 bits per heavy atom. The Morgan fingerprint density at radius 2 is 2.05 bits per heavy atom. The van der Waals surface area contributed by atoms with E-state index in [0.717, 1.165) is 36.0 Å². The van der Waals surface area contributed by atoms with E-state index in [1.54, 1.807) is 12.1 Å². The molecular weight excluding hydrogens is 305 g/mol. The van der Waals surface area contributed by atoms with Crippen molar-refractivity contribution in [2.24, 2.45) is 11.3 Å². The van der Waals surface area contributed by atoms with Gasteiger partial charge in [0.15, 0.2) is 0 Å². The van der Waals surface area contributed by atoms with E-state index in [0.29, 0.717) is 5.92 Å². The molecule has 0 aliphatic heterocycles. The van der Waals surface area contributed by atoms with Gasteiger partial charge in [0, 0.05) is 11.0 Å². The zero-order valence-electron chi connectivity index (χ0n) is 12.4. The molecule has 1 unspecified atom stereocenters. The van der Waals surface area contributed by atoms with Gasteiger partial charge in [-0.3, -0.25) is 0 Å². The minimum Gasteiger partial charge on any atom is -0.316 e. The van der Waals surface area contributed by atoms with E-state index in [1.807, 2.05) is 0 Å². The number of hydrogen-bond acceptors (Lipinski definition) is 1. The summed E-state index contributed by atoms with van der Waals surface area (Å²) in [6, 6.07) is 4.94. The van der Waals surface area contributed by atoms with E-state index in [4.69, 9.17) is 0 Å². The van der Waals surface area contributed by atoms with Gasteiger partial charge in [-0.15, -0.1) is 0 Å². The lowest BCUT2D eigenvalue weighted by Crippen LogP contribution is -2.38. The summed E-state index contributed by atoms with van der Waals surface area (Å²) in [7, 11) is 0. The van der Waals surface area contributed by atoms with Crippen molar-refractivity contribution in [2.75, 3.05) is 13.1 Å². The normalized spacial score (nSPS) is 14.7. The van der Waals surface area contributed by atoms with Crippen LogP contribution in [-0.4, -0.2) is 13.1 Å². The lowest BCUT2D eigenvalue weighted by molar-refractivity contribution is 0.207. The molecule has 0 bridgehead atoms. The molecule has 1 aromatic rings. The predicted octanol–water partition coefficient (Wildman–Crippen LogP) is 4.79. The Morgan fingerprint density at radius 1 is 1.37 bits per heavy atom. The highest BCUT2D eigenvalue weighted by Crippen LogP contribution is 2.33. The van der Waals surface area contributed by atoms with Crippen LogP contribution in [0.25, 0.3) is 0 Å². The van der Waals surface area contributed by atoms with Gasteiger partial charge in [0.2, 0.25) is 0 Å². The summed E-state index contributed by atoms with van der Waals surface area (Å²) in [5.74, 6) is 0.373. The number of rotatable bonds is 7. The van der Waals surface area contributed by atoms with E-state index in [1.165, 1.54) is 6.07 Å². The first-order valence-electron chi connectivity index (χ1n) is 7.03. The fourth-order valence-electron chi connectivity index (χ4n) is 2.14. The molecule has 1 nitrogen and oxygen atoms in total. The molecule has 0 aromatic heterocycles. The highest BCUT2D eigenvalue weighted by Gasteiger charge is 2.29. The molecule has 1 rings (SSSR count). The number of halogens is 2. The molecule has 19 heavy (non-hydrogen) atoms. The molecule has 0 aliphatic rings. The maximum absolute atomic E-state index is 13.4. The van der Waals surface area contributed by atoms with Crippen LogP contribution in [-0.2, 0) is 6.42 Å². The van der Waals surface area contributed by atoms with Crippen LogP contribution < -0.4 is 5.32 Å². The molecule has 3 heteroatoms. The molecule has 108 valence electrons. The molecule has 0 amide bonds. The lowest BCUT2D eigenvalue weighted by atomic mass is 9.74. The predicted molar refractivity (Wildman–Crippen MR) is 83.9 cm³/mol. The number of nitrogens with one attached hydrogen (secondary N) is 1. The Labute approximate surface area is 125 Å². The fourth-order valence-corrected chi connectivity index (χ4v) is 2.52. The van der Waals surface area contributed by atoms with Gasteiger partial charge in [0.1, 0.15) is 5.82 Å². The van der Waals surface area contributed by atoms with Crippen molar-refractivity contribution in [2.45, 2.75) is 40.5 Å². The molecule has 1 atom stereocenters. The van der Waals surface area contributed by atoms with Crippen LogP contribution in [0.15, 0.2) is 22.7 Å². The third-order valence-corrected chi connectivity index (χ3v) is 4.73. The minimum atomic E-state index is -0.161. The highest BCUT2D eigenvalue weighted by molar-refractivity contribution is 9.10. The largest absolute Gasteiger partial charge is 0.316 e. The monoisotopic (exact) mass is 329 g/mol. The average molecular weight is 330 g/mol. The quantitative estimate of drug-likeness (QED) is 0.709. The maximum Gasteiger partial charge on any atom is 0.123 e. The van der Waals surface area contributed by atoms with Gasteiger partial charge in [0.05, 0.1) is 0 Å². The van der Waals surface area contributed by atoms with Gasteiger partial charge < -0.3 is 5.32 Å². The van der Waals surface area contributed by atoms with Crippen LogP contribution in [0.3, 0.4) is 0 Å². The maximum atomic E-state index is 13.4. The average Bonchev–Trinajstić information content (AvgIpc) is 2.34. The van der Waals surface area contributed by atoms with Crippen molar-refractivity contribution >= 4 is 15.9 Å². The summed E-state index contributed by atoms with van der Waals surface area (Å²) in [4.78, 5) is 0. The van der Waals surface area contributed by atoms with Crippen LogP contribution in [0.4, 0.5) is 4.39 Å². The molecule has 0 radical (unpaired) electrons. The van der Waals surface area contributed by atoms with Crippen LogP contribution in [0.5, 0.6) is 0 Å². The third kappa shape index (κ3) is 4.88. The SMILES string of the molecule is CCCNCC(C)(Cc1cc(F)ccc1Br)C(C)C. The topological polar surface area (TPSA) is 12.0 Å². The molecule has 0 saturated carbocycles. The number of benzene rings is 1. The molecule has 1 aromatic carbocycles. The van der Waals surface area contributed by atoms with E-state index < -0.39 is 0 Å². The molecule has 1 N–H and O–H groups in total.